The van der Waals surface area contributed by atoms with Crippen molar-refractivity contribution in [2.24, 2.45) is 10.8 Å². The van der Waals surface area contributed by atoms with Gasteiger partial charge in [-0.25, -0.2) is 15.6 Å². The molecule has 0 aromatic heterocycles. The van der Waals surface area contributed by atoms with Crippen molar-refractivity contribution in [1.29, 1.82) is 5.26 Å². The highest BCUT2D eigenvalue weighted by Gasteiger charge is 2.36. The Morgan fingerprint density at radius 1 is 1.26 bits per heavy atom. The SMILES string of the molecule is COC(=O)C1=C(C)N(c2cccc(C(F)(F)F)c2)C(NN)=N[C@@H]1c1ccc(C#N)cc1. The molecule has 0 aliphatic carbocycles. The summed E-state index contributed by atoms with van der Waals surface area (Å²) in [6, 6.07) is 12.2. The van der Waals surface area contributed by atoms with Crippen molar-refractivity contribution in [2.75, 3.05) is 12.0 Å². The number of nitriles is 1. The summed E-state index contributed by atoms with van der Waals surface area (Å²) in [6.07, 6.45) is -4.55. The Balaban J connectivity index is 2.17. The van der Waals surface area contributed by atoms with Gasteiger partial charge >= 0.3 is 12.1 Å². The molecular weight excluding hydrogens is 411 g/mol. The summed E-state index contributed by atoms with van der Waals surface area (Å²) in [5.74, 6) is 4.98. The van der Waals surface area contributed by atoms with E-state index in [1.807, 2.05) is 6.07 Å². The van der Waals surface area contributed by atoms with Gasteiger partial charge in [0.1, 0.15) is 6.04 Å². The topological polar surface area (TPSA) is 104 Å². The van der Waals surface area contributed by atoms with Gasteiger partial charge < -0.3 is 4.74 Å². The van der Waals surface area contributed by atoms with Crippen LogP contribution in [0.15, 0.2) is 64.8 Å². The number of allylic oxidation sites excluding steroid dienone is 1. The number of nitrogens with one attached hydrogen (secondary N) is 1. The molecule has 160 valence electrons. The van der Waals surface area contributed by atoms with Gasteiger partial charge in [-0.05, 0) is 42.8 Å². The lowest BCUT2D eigenvalue weighted by atomic mass is 9.95. The molecule has 1 aliphatic heterocycles. The lowest BCUT2D eigenvalue weighted by molar-refractivity contribution is -0.138. The molecule has 0 saturated heterocycles. The van der Waals surface area contributed by atoms with E-state index in [2.05, 4.69) is 10.4 Å². The van der Waals surface area contributed by atoms with Crippen LogP contribution in [0.5, 0.6) is 0 Å². The number of nitrogens with zero attached hydrogens (tertiary/aromatic N) is 3. The van der Waals surface area contributed by atoms with Gasteiger partial charge in [0.25, 0.3) is 0 Å². The van der Waals surface area contributed by atoms with Crippen LogP contribution in [0.4, 0.5) is 18.9 Å². The molecule has 0 amide bonds. The number of hydrogen-bond donors (Lipinski definition) is 2. The summed E-state index contributed by atoms with van der Waals surface area (Å²) < 4.78 is 44.6. The number of anilines is 1. The first-order valence-electron chi connectivity index (χ1n) is 9.02. The van der Waals surface area contributed by atoms with Crippen LogP contribution < -0.4 is 16.2 Å². The normalized spacial score (nSPS) is 16.5. The molecule has 1 aliphatic rings. The molecule has 3 N–H and O–H groups in total. The van der Waals surface area contributed by atoms with Gasteiger partial charge in [-0.2, -0.15) is 18.4 Å². The zero-order valence-electron chi connectivity index (χ0n) is 16.6. The molecule has 0 saturated carbocycles. The monoisotopic (exact) mass is 429 g/mol. The predicted octanol–water partition coefficient (Wildman–Crippen LogP) is 3.40. The third kappa shape index (κ3) is 4.22. The van der Waals surface area contributed by atoms with Crippen LogP contribution in [0.2, 0.25) is 0 Å². The molecule has 0 unspecified atom stereocenters. The summed E-state index contributed by atoms with van der Waals surface area (Å²) in [4.78, 5) is 18.4. The first-order chi connectivity index (χ1) is 14.7. The number of rotatable bonds is 3. The number of aliphatic imine (C=N–C) groups is 1. The molecule has 10 heteroatoms. The highest BCUT2D eigenvalue weighted by atomic mass is 19.4. The number of guanidine groups is 1. The molecule has 2 aromatic rings. The third-order valence-corrected chi connectivity index (χ3v) is 4.78. The predicted molar refractivity (Wildman–Crippen MR) is 107 cm³/mol. The molecule has 7 nitrogen and oxygen atoms in total. The summed E-state index contributed by atoms with van der Waals surface area (Å²) >= 11 is 0. The maximum atomic E-state index is 13.2. The number of carbonyl (C=O) groups is 1. The standard InChI is InChI=1S/C21H18F3N5O2/c1-12-17(19(30)31-2)18(14-8-6-13(11-25)7-9-14)27-20(28-26)29(12)16-5-3-4-15(10-16)21(22,23)24/h3-10,18H,26H2,1-2H3,(H,27,28)/t18-/m1/s1. The van der Waals surface area contributed by atoms with Gasteiger partial charge in [0, 0.05) is 11.4 Å². The molecule has 0 spiro atoms. The Labute approximate surface area is 176 Å². The maximum Gasteiger partial charge on any atom is 0.416 e. The van der Waals surface area contributed by atoms with Gasteiger partial charge in [-0.15, -0.1) is 0 Å². The van der Waals surface area contributed by atoms with Crippen molar-refractivity contribution < 1.29 is 22.7 Å². The Kier molecular flexibility index (Phi) is 5.99. The molecule has 31 heavy (non-hydrogen) atoms. The highest BCUT2D eigenvalue weighted by Crippen LogP contribution is 2.38. The van der Waals surface area contributed by atoms with Crippen LogP contribution in [0.1, 0.15) is 29.7 Å². The molecule has 2 aromatic carbocycles. The van der Waals surface area contributed by atoms with E-state index < -0.39 is 23.8 Å². The Bertz CT molecular complexity index is 1100. The minimum Gasteiger partial charge on any atom is -0.466 e. The third-order valence-electron chi connectivity index (χ3n) is 4.78. The molecule has 3 rings (SSSR count). The fourth-order valence-electron chi connectivity index (χ4n) is 3.31. The number of halogens is 3. The first-order valence-corrected chi connectivity index (χ1v) is 9.02. The summed E-state index contributed by atoms with van der Waals surface area (Å²) in [7, 11) is 1.20. The Morgan fingerprint density at radius 2 is 1.94 bits per heavy atom. The van der Waals surface area contributed by atoms with E-state index in [0.717, 1.165) is 12.1 Å². The van der Waals surface area contributed by atoms with E-state index in [1.165, 1.54) is 24.1 Å². The van der Waals surface area contributed by atoms with Crippen molar-refractivity contribution in [3.05, 3.63) is 76.5 Å². The first kappa shape index (κ1) is 21.9. The van der Waals surface area contributed by atoms with Gasteiger partial charge in [0.05, 0.1) is 29.9 Å². The lowest BCUT2D eigenvalue weighted by Crippen LogP contribution is -2.47. The van der Waals surface area contributed by atoms with Gasteiger partial charge in [-0.3, -0.25) is 10.3 Å². The summed E-state index contributed by atoms with van der Waals surface area (Å²) in [5.41, 5.74) is 3.08. The largest absolute Gasteiger partial charge is 0.466 e. The summed E-state index contributed by atoms with van der Waals surface area (Å²) in [5, 5.41) is 9.01. The van der Waals surface area contributed by atoms with E-state index in [0.29, 0.717) is 16.8 Å². The number of hydrazine groups is 1. The van der Waals surface area contributed by atoms with E-state index in [1.54, 1.807) is 31.2 Å². The van der Waals surface area contributed by atoms with Crippen LogP contribution in [-0.4, -0.2) is 19.0 Å². The number of alkyl halides is 3. The molecule has 0 radical (unpaired) electrons. The number of ether oxygens (including phenoxy) is 1. The molecule has 0 fully saturated rings. The van der Waals surface area contributed by atoms with Crippen LogP contribution in [0.3, 0.4) is 0 Å². The smallest absolute Gasteiger partial charge is 0.416 e. The Hall–Kier alpha value is -3.84. The summed E-state index contributed by atoms with van der Waals surface area (Å²) in [6.45, 7) is 1.56. The van der Waals surface area contributed by atoms with Crippen LogP contribution >= 0.6 is 0 Å². The van der Waals surface area contributed by atoms with Crippen molar-refractivity contribution >= 4 is 17.6 Å². The average Bonchev–Trinajstić information content (AvgIpc) is 2.77. The number of hydrogen-bond acceptors (Lipinski definition) is 7. The zero-order valence-corrected chi connectivity index (χ0v) is 16.6. The second-order valence-corrected chi connectivity index (χ2v) is 6.61. The number of methoxy groups -OCH3 is 1. The number of benzene rings is 2. The molecular formula is C21H18F3N5O2. The van der Waals surface area contributed by atoms with Crippen molar-refractivity contribution in [2.45, 2.75) is 19.1 Å². The fourth-order valence-corrected chi connectivity index (χ4v) is 3.31. The van der Waals surface area contributed by atoms with Crippen molar-refractivity contribution in [3.8, 4) is 6.07 Å². The lowest BCUT2D eigenvalue weighted by Gasteiger charge is -2.34. The number of nitrogens with two attached hydrogens (primary N) is 1. The van der Waals surface area contributed by atoms with Gasteiger partial charge in [0.15, 0.2) is 0 Å². The molecule has 1 heterocycles. The van der Waals surface area contributed by atoms with E-state index in [4.69, 9.17) is 15.8 Å². The second-order valence-electron chi connectivity index (χ2n) is 6.61. The van der Waals surface area contributed by atoms with Gasteiger partial charge in [0.2, 0.25) is 5.96 Å². The quantitative estimate of drug-likeness (QED) is 0.440. The van der Waals surface area contributed by atoms with Crippen molar-refractivity contribution in [3.63, 3.8) is 0 Å². The van der Waals surface area contributed by atoms with Crippen LogP contribution in [-0.2, 0) is 15.7 Å². The maximum absolute atomic E-state index is 13.2. The van der Waals surface area contributed by atoms with Crippen LogP contribution in [0, 0.1) is 11.3 Å². The Morgan fingerprint density at radius 3 is 2.48 bits per heavy atom. The van der Waals surface area contributed by atoms with E-state index in [9.17, 15) is 18.0 Å². The fraction of sp³-hybridized carbons (Fsp3) is 0.190. The number of esters is 1. The highest BCUT2D eigenvalue weighted by molar-refractivity contribution is 6.04. The zero-order chi connectivity index (χ0) is 22.8. The van der Waals surface area contributed by atoms with Gasteiger partial charge in [-0.1, -0.05) is 18.2 Å². The number of carbonyl (C=O) groups excluding carboxylic acids is 1. The minimum atomic E-state index is -4.55. The molecule has 1 atom stereocenters. The van der Waals surface area contributed by atoms with Crippen molar-refractivity contribution in [1.82, 2.24) is 5.43 Å². The van der Waals surface area contributed by atoms with E-state index >= 15 is 0 Å². The van der Waals surface area contributed by atoms with Crippen LogP contribution in [0.25, 0.3) is 0 Å². The average molecular weight is 429 g/mol. The molecule has 0 bridgehead atoms. The second kappa shape index (κ2) is 8.49. The minimum absolute atomic E-state index is 0.0406. The van der Waals surface area contributed by atoms with E-state index in [-0.39, 0.29) is 17.2 Å².